The number of carbonyl (C=O) groups excluding carboxylic acids is 1. The molecule has 0 spiro atoms. The Bertz CT molecular complexity index is 628. The van der Waals surface area contributed by atoms with Crippen LogP contribution in [0.4, 0.5) is 13.2 Å². The van der Waals surface area contributed by atoms with Crippen molar-refractivity contribution in [3.8, 4) is 0 Å². The molecular formula is C13H7ClF3NOS. The van der Waals surface area contributed by atoms with Crippen molar-refractivity contribution in [2.24, 2.45) is 0 Å². The Labute approximate surface area is 122 Å². The second kappa shape index (κ2) is 5.85. The SMILES string of the molecule is O=C(Sc1ncccc1C(F)(F)F)c1ccc(Cl)cc1. The third-order valence-electron chi connectivity index (χ3n) is 2.35. The van der Waals surface area contributed by atoms with Crippen molar-refractivity contribution < 1.29 is 18.0 Å². The summed E-state index contributed by atoms with van der Waals surface area (Å²) in [4.78, 5) is 15.5. The highest BCUT2D eigenvalue weighted by molar-refractivity contribution is 8.14. The van der Waals surface area contributed by atoms with Crippen molar-refractivity contribution in [2.45, 2.75) is 11.2 Å². The summed E-state index contributed by atoms with van der Waals surface area (Å²) in [6, 6.07) is 7.97. The molecule has 1 aromatic carbocycles. The third-order valence-corrected chi connectivity index (χ3v) is 3.54. The van der Waals surface area contributed by atoms with Gasteiger partial charge in [0.25, 0.3) is 0 Å². The van der Waals surface area contributed by atoms with Crippen molar-refractivity contribution >= 4 is 28.5 Å². The molecule has 2 nitrogen and oxygen atoms in total. The number of carbonyl (C=O) groups is 1. The van der Waals surface area contributed by atoms with E-state index in [1.165, 1.54) is 36.5 Å². The van der Waals surface area contributed by atoms with Crippen LogP contribution in [-0.2, 0) is 6.18 Å². The number of aromatic nitrogens is 1. The van der Waals surface area contributed by atoms with Crippen molar-refractivity contribution in [1.29, 1.82) is 0 Å². The topological polar surface area (TPSA) is 30.0 Å². The fraction of sp³-hybridized carbons (Fsp3) is 0.0769. The Balaban J connectivity index is 2.26. The number of alkyl halides is 3. The average Bonchev–Trinajstić information content (AvgIpc) is 2.38. The van der Waals surface area contributed by atoms with Crippen LogP contribution in [0.25, 0.3) is 0 Å². The van der Waals surface area contributed by atoms with Crippen molar-refractivity contribution in [3.63, 3.8) is 0 Å². The van der Waals surface area contributed by atoms with Crippen LogP contribution in [0.3, 0.4) is 0 Å². The van der Waals surface area contributed by atoms with E-state index in [2.05, 4.69) is 4.98 Å². The normalized spacial score (nSPS) is 11.4. The summed E-state index contributed by atoms with van der Waals surface area (Å²) >= 11 is 6.13. The molecule has 104 valence electrons. The average molecular weight is 318 g/mol. The molecule has 7 heteroatoms. The van der Waals surface area contributed by atoms with E-state index < -0.39 is 16.9 Å². The molecule has 2 rings (SSSR count). The maximum absolute atomic E-state index is 12.8. The second-order valence-corrected chi connectivity index (χ2v) is 5.15. The molecule has 20 heavy (non-hydrogen) atoms. The van der Waals surface area contributed by atoms with Gasteiger partial charge in [0.2, 0.25) is 5.12 Å². The first-order valence-corrected chi connectivity index (χ1v) is 6.57. The predicted molar refractivity (Wildman–Crippen MR) is 70.9 cm³/mol. The Morgan fingerprint density at radius 3 is 2.40 bits per heavy atom. The maximum Gasteiger partial charge on any atom is 0.419 e. The zero-order valence-corrected chi connectivity index (χ0v) is 11.4. The molecule has 0 atom stereocenters. The van der Waals surface area contributed by atoms with Gasteiger partial charge in [0.05, 0.1) is 5.56 Å². The minimum atomic E-state index is -4.54. The lowest BCUT2D eigenvalue weighted by Gasteiger charge is -2.10. The van der Waals surface area contributed by atoms with E-state index in [0.717, 1.165) is 6.07 Å². The number of pyridine rings is 1. The molecule has 0 fully saturated rings. The zero-order chi connectivity index (χ0) is 14.8. The summed E-state index contributed by atoms with van der Waals surface area (Å²) < 4.78 is 38.3. The minimum Gasteiger partial charge on any atom is -0.281 e. The van der Waals surface area contributed by atoms with E-state index >= 15 is 0 Å². The fourth-order valence-electron chi connectivity index (χ4n) is 1.42. The lowest BCUT2D eigenvalue weighted by atomic mass is 10.2. The van der Waals surface area contributed by atoms with E-state index in [4.69, 9.17) is 11.6 Å². The lowest BCUT2D eigenvalue weighted by molar-refractivity contribution is -0.140. The first kappa shape index (κ1) is 14.9. The largest absolute Gasteiger partial charge is 0.419 e. The van der Waals surface area contributed by atoms with Crippen LogP contribution in [0.15, 0.2) is 47.6 Å². The number of nitrogens with zero attached hydrogens (tertiary/aromatic N) is 1. The third kappa shape index (κ3) is 3.52. The van der Waals surface area contributed by atoms with Gasteiger partial charge in [-0.3, -0.25) is 4.79 Å². The van der Waals surface area contributed by atoms with Gasteiger partial charge >= 0.3 is 6.18 Å². The number of hydrogen-bond acceptors (Lipinski definition) is 3. The first-order valence-electron chi connectivity index (χ1n) is 5.38. The minimum absolute atomic E-state index is 0.262. The molecule has 0 aliphatic heterocycles. The van der Waals surface area contributed by atoms with E-state index in [1.54, 1.807) is 0 Å². The molecular weight excluding hydrogens is 311 g/mol. The fourth-order valence-corrected chi connectivity index (χ4v) is 2.38. The van der Waals surface area contributed by atoms with Crippen LogP contribution in [0.2, 0.25) is 5.02 Å². The highest BCUT2D eigenvalue weighted by Gasteiger charge is 2.34. The van der Waals surface area contributed by atoms with E-state index in [-0.39, 0.29) is 10.6 Å². The van der Waals surface area contributed by atoms with Crippen molar-refractivity contribution in [2.75, 3.05) is 0 Å². The van der Waals surface area contributed by atoms with Crippen LogP contribution in [-0.4, -0.2) is 10.1 Å². The van der Waals surface area contributed by atoms with Crippen LogP contribution < -0.4 is 0 Å². The van der Waals surface area contributed by atoms with E-state index in [1.807, 2.05) is 0 Å². The molecule has 0 amide bonds. The molecule has 0 saturated carbocycles. The Hall–Kier alpha value is -1.53. The van der Waals surface area contributed by atoms with Gasteiger partial charge in [-0.05, 0) is 48.2 Å². The number of thioether (sulfide) groups is 1. The highest BCUT2D eigenvalue weighted by atomic mass is 35.5. The lowest BCUT2D eigenvalue weighted by Crippen LogP contribution is -2.08. The smallest absolute Gasteiger partial charge is 0.281 e. The van der Waals surface area contributed by atoms with Gasteiger partial charge < -0.3 is 0 Å². The maximum atomic E-state index is 12.8. The summed E-state index contributed by atoms with van der Waals surface area (Å²) in [5, 5.41) is -0.439. The van der Waals surface area contributed by atoms with E-state index in [9.17, 15) is 18.0 Å². The molecule has 1 heterocycles. The number of hydrogen-bond donors (Lipinski definition) is 0. The van der Waals surface area contributed by atoms with Crippen LogP contribution in [0, 0.1) is 0 Å². The molecule has 0 N–H and O–H groups in total. The van der Waals surface area contributed by atoms with Crippen molar-refractivity contribution in [1.82, 2.24) is 4.98 Å². The van der Waals surface area contributed by atoms with Crippen LogP contribution >= 0.6 is 23.4 Å². The molecule has 0 bridgehead atoms. The van der Waals surface area contributed by atoms with Gasteiger partial charge in [-0.1, -0.05) is 11.6 Å². The van der Waals surface area contributed by atoms with Gasteiger partial charge in [-0.2, -0.15) is 13.2 Å². The molecule has 0 aliphatic carbocycles. The Morgan fingerprint density at radius 1 is 1.15 bits per heavy atom. The molecule has 2 aromatic rings. The van der Waals surface area contributed by atoms with Crippen molar-refractivity contribution in [3.05, 3.63) is 58.7 Å². The Kier molecular flexibility index (Phi) is 4.35. The quantitative estimate of drug-likeness (QED) is 0.753. The van der Waals surface area contributed by atoms with Gasteiger partial charge in [-0.15, -0.1) is 0 Å². The van der Waals surface area contributed by atoms with Gasteiger partial charge in [0.1, 0.15) is 5.03 Å². The Morgan fingerprint density at radius 2 is 1.80 bits per heavy atom. The highest BCUT2D eigenvalue weighted by Crippen LogP contribution is 2.36. The molecule has 0 saturated heterocycles. The molecule has 0 unspecified atom stereocenters. The predicted octanol–water partition coefficient (Wildman–Crippen LogP) is 4.69. The van der Waals surface area contributed by atoms with Gasteiger partial charge in [0, 0.05) is 16.8 Å². The zero-order valence-electron chi connectivity index (χ0n) is 9.82. The van der Waals surface area contributed by atoms with Crippen LogP contribution in [0.1, 0.15) is 15.9 Å². The summed E-state index contributed by atoms with van der Waals surface area (Å²) in [5.74, 6) is 0. The summed E-state index contributed by atoms with van der Waals surface area (Å²) in [7, 11) is 0. The van der Waals surface area contributed by atoms with Gasteiger partial charge in [0.15, 0.2) is 0 Å². The standard InChI is InChI=1S/C13H7ClF3NOS/c14-9-5-3-8(4-6-9)12(19)20-11-10(13(15,16)17)2-1-7-18-11/h1-7H. The number of rotatable bonds is 2. The summed E-state index contributed by atoms with van der Waals surface area (Å²) in [6.45, 7) is 0. The summed E-state index contributed by atoms with van der Waals surface area (Å²) in [5.41, 5.74) is -0.662. The molecule has 0 aliphatic rings. The molecule has 1 aromatic heterocycles. The van der Waals surface area contributed by atoms with E-state index in [0.29, 0.717) is 16.8 Å². The second-order valence-electron chi connectivity index (χ2n) is 3.75. The first-order chi connectivity index (χ1) is 9.38. The monoisotopic (exact) mass is 317 g/mol. The van der Waals surface area contributed by atoms with Gasteiger partial charge in [-0.25, -0.2) is 4.98 Å². The molecule has 0 radical (unpaired) electrons. The number of halogens is 4. The van der Waals surface area contributed by atoms with Crippen LogP contribution in [0.5, 0.6) is 0 Å². The number of benzene rings is 1. The summed E-state index contributed by atoms with van der Waals surface area (Å²) in [6.07, 6.45) is -3.33.